The summed E-state index contributed by atoms with van der Waals surface area (Å²) in [5, 5.41) is 8.89. The molecule has 0 bridgehead atoms. The van der Waals surface area contributed by atoms with E-state index in [1.54, 1.807) is 0 Å². The molecule has 6 heteroatoms. The molecular formula is C2H7Cl2HgNO2. The first-order valence-electron chi connectivity index (χ1n) is 1.44. The minimum atomic E-state index is -1.14. The van der Waals surface area contributed by atoms with Crippen molar-refractivity contribution >= 4 is 22.5 Å². The van der Waals surface area contributed by atoms with Crippen LogP contribution in [-0.2, 0) is 26.9 Å². The van der Waals surface area contributed by atoms with E-state index in [-0.39, 0.29) is 6.15 Å². The van der Waals surface area contributed by atoms with Gasteiger partial charge in [0.2, 0.25) is 0 Å². The van der Waals surface area contributed by atoms with Gasteiger partial charge in [0.25, 0.3) is 0 Å². The second-order valence-electron chi connectivity index (χ2n) is 0.593. The summed E-state index contributed by atoms with van der Waals surface area (Å²) >= 11 is -1.14. The largest absolute Gasteiger partial charge is 0.369 e. The van der Waals surface area contributed by atoms with Crippen molar-refractivity contribution in [3.05, 3.63) is 0 Å². The third-order valence-corrected chi connectivity index (χ3v) is 0. The number of quaternary nitrogens is 1. The van der Waals surface area contributed by atoms with Gasteiger partial charge in [0.15, 0.2) is 0 Å². The summed E-state index contributed by atoms with van der Waals surface area (Å²) in [4.78, 5) is 8.89. The van der Waals surface area contributed by atoms with Gasteiger partial charge in [0, 0.05) is 5.97 Å². The Morgan fingerprint density at radius 1 is 1.62 bits per heavy atom. The van der Waals surface area contributed by atoms with Crippen molar-refractivity contribution in [2.75, 3.05) is 0 Å². The molecule has 3 nitrogen and oxygen atoms in total. The number of rotatable bonds is 0. The van der Waals surface area contributed by atoms with Gasteiger partial charge < -0.3 is 16.1 Å². The molecule has 0 unspecified atom stereocenters. The van der Waals surface area contributed by atoms with E-state index in [2.05, 4.69) is 0 Å². The van der Waals surface area contributed by atoms with Crippen LogP contribution in [0.4, 0.5) is 0 Å². The number of carboxylic acid groups (broad SMARTS) is 1. The molecule has 0 fully saturated rings. The number of hydrogen-bond donors (Lipinski definition) is 1. The Balaban J connectivity index is -0.0000000575. The third kappa shape index (κ3) is 275. The van der Waals surface area contributed by atoms with Gasteiger partial charge >= 0.3 is 38.6 Å². The van der Waals surface area contributed by atoms with Crippen molar-refractivity contribution in [3.63, 3.8) is 0 Å². The van der Waals surface area contributed by atoms with Crippen LogP contribution in [0.5, 0.6) is 0 Å². The first-order chi connectivity index (χ1) is 3.15. The first-order valence-corrected chi connectivity index (χ1v) is 15.0. The summed E-state index contributed by atoms with van der Waals surface area (Å²) in [5.74, 6) is -1.08. The second kappa shape index (κ2) is 15.7. The molecule has 4 N–H and O–H groups in total. The molecule has 0 radical (unpaired) electrons. The summed E-state index contributed by atoms with van der Waals surface area (Å²) in [5.41, 5.74) is 0. The number of halogens is 2. The van der Waals surface area contributed by atoms with Crippen molar-refractivity contribution in [1.29, 1.82) is 0 Å². The van der Waals surface area contributed by atoms with E-state index < -0.39 is 28.1 Å². The Labute approximate surface area is 67.3 Å². The number of carboxylic acids is 1. The first kappa shape index (κ1) is 16.0. The molecule has 48 valence electrons. The second-order valence-corrected chi connectivity index (χ2v) is 8.47. The van der Waals surface area contributed by atoms with Gasteiger partial charge in [-0.15, -0.1) is 0 Å². The van der Waals surface area contributed by atoms with Crippen molar-refractivity contribution in [1.82, 2.24) is 6.15 Å². The number of aliphatic carboxylic acids is 1. The molecule has 0 aromatic carbocycles. The average Bonchev–Trinajstić information content (AvgIpc) is 1.33. The molecule has 8 heavy (non-hydrogen) atoms. The molecular weight excluding hydrogens is 342 g/mol. The molecule has 0 rings (SSSR count). The van der Waals surface area contributed by atoms with Crippen LogP contribution < -0.4 is 11.3 Å². The quantitative estimate of drug-likeness (QED) is 0.648. The van der Waals surface area contributed by atoms with E-state index in [1.807, 2.05) is 0 Å². The zero-order valence-corrected chi connectivity index (χ0v) is 11.8. The van der Waals surface area contributed by atoms with E-state index in [0.29, 0.717) is 0 Å². The standard InChI is InChI=1S/C2H4O2.2ClH.Hg.H3N/c1-2(3)4;;;;/h1H3,(H,3,4);2*1H;;1H3/q;;;+2;/p-2. The molecule has 0 heterocycles. The fourth-order valence-electron chi connectivity index (χ4n) is 0. The van der Waals surface area contributed by atoms with Gasteiger partial charge in [-0.1, -0.05) is 0 Å². The van der Waals surface area contributed by atoms with Crippen LogP contribution in [0.1, 0.15) is 6.92 Å². The monoisotopic (exact) mass is 349 g/mol. The Morgan fingerprint density at radius 3 is 1.62 bits per heavy atom. The molecule has 0 aromatic rings. The Bertz CT molecular complexity index is 49.3. The Hall–Kier alpha value is 0.945. The van der Waals surface area contributed by atoms with E-state index in [9.17, 15) is 0 Å². The third-order valence-electron chi connectivity index (χ3n) is 0. The number of carbonyl (C=O) groups is 1. The van der Waals surface area contributed by atoms with Gasteiger partial charge in [-0.25, -0.2) is 0 Å². The summed E-state index contributed by atoms with van der Waals surface area (Å²) in [6, 6.07) is 0. The maximum absolute atomic E-state index is 8.89. The van der Waals surface area contributed by atoms with Crippen LogP contribution in [0.2, 0.25) is 0 Å². The van der Waals surface area contributed by atoms with Crippen molar-refractivity contribution in [2.24, 2.45) is 0 Å². The zero-order valence-electron chi connectivity index (χ0n) is 4.78. The van der Waals surface area contributed by atoms with Gasteiger partial charge in [0.1, 0.15) is 0 Å². The average molecular weight is 349 g/mol. The minimum absolute atomic E-state index is 0. The van der Waals surface area contributed by atoms with Crippen LogP contribution in [-0.4, -0.2) is 5.97 Å². The molecule has 0 aliphatic carbocycles. The molecule has 0 aliphatic rings. The number of carbonyl (C=O) groups excluding carboxylic acids is 1. The van der Waals surface area contributed by atoms with Crippen LogP contribution in [0.3, 0.4) is 0 Å². The maximum Gasteiger partial charge on any atom is -0.369 e. The van der Waals surface area contributed by atoms with Gasteiger partial charge in [0.05, 0.1) is 0 Å². The molecule has 0 aliphatic heterocycles. The molecule has 0 saturated heterocycles. The zero-order chi connectivity index (χ0) is 6.28. The SMILES string of the molecule is CC(=O)[O-].[Cl][Hg][Cl].[NH4+]. The van der Waals surface area contributed by atoms with Crippen molar-refractivity contribution < 1.29 is 32.0 Å². The van der Waals surface area contributed by atoms with Crippen LogP contribution in [0, 0.1) is 0 Å². The predicted octanol–water partition coefficient (Wildman–Crippen LogP) is 0.509. The molecule has 0 aromatic heterocycles. The van der Waals surface area contributed by atoms with E-state index in [0.717, 1.165) is 6.92 Å². The van der Waals surface area contributed by atoms with Crippen molar-refractivity contribution in [3.8, 4) is 0 Å². The summed E-state index contributed by atoms with van der Waals surface area (Å²) in [7, 11) is 9.97. The fraction of sp³-hybridized carbons (Fsp3) is 0.500. The molecule has 0 atom stereocenters. The number of hydrogen-bond acceptors (Lipinski definition) is 2. The van der Waals surface area contributed by atoms with E-state index in [1.165, 1.54) is 0 Å². The van der Waals surface area contributed by atoms with Crippen LogP contribution >= 0.6 is 16.5 Å². The summed E-state index contributed by atoms with van der Waals surface area (Å²) in [6.07, 6.45) is 0. The normalized spacial score (nSPS) is 4.38. The molecule has 0 amide bonds. The minimum Gasteiger partial charge on any atom is -0.369 e. The Kier molecular flexibility index (Phi) is 31.3. The molecule has 0 saturated carbocycles. The van der Waals surface area contributed by atoms with Gasteiger partial charge in [-0.2, -0.15) is 0 Å². The Morgan fingerprint density at radius 2 is 1.62 bits per heavy atom. The van der Waals surface area contributed by atoms with E-state index >= 15 is 0 Å². The topological polar surface area (TPSA) is 76.6 Å². The van der Waals surface area contributed by atoms with Crippen LogP contribution in [0.15, 0.2) is 0 Å². The van der Waals surface area contributed by atoms with Crippen molar-refractivity contribution in [2.45, 2.75) is 6.92 Å². The molecule has 0 spiro atoms. The smallest absolute Gasteiger partial charge is 0.369 e. The van der Waals surface area contributed by atoms with Crippen LogP contribution in [0.25, 0.3) is 0 Å². The summed E-state index contributed by atoms with van der Waals surface area (Å²) in [6.45, 7) is 0.972. The predicted molar refractivity (Wildman–Crippen MR) is 28.4 cm³/mol. The van der Waals surface area contributed by atoms with Gasteiger partial charge in [-0.05, 0) is 6.92 Å². The fourth-order valence-corrected chi connectivity index (χ4v) is 0. The summed E-state index contributed by atoms with van der Waals surface area (Å²) < 4.78 is 0. The van der Waals surface area contributed by atoms with E-state index in [4.69, 9.17) is 26.4 Å². The van der Waals surface area contributed by atoms with Gasteiger partial charge in [-0.3, -0.25) is 0 Å². The maximum atomic E-state index is 8.89.